The van der Waals surface area contributed by atoms with Gasteiger partial charge >= 0.3 is 0 Å². The zero-order valence-corrected chi connectivity index (χ0v) is 6.15. The summed E-state index contributed by atoms with van der Waals surface area (Å²) in [6, 6.07) is 0. The number of halogens is 2. The van der Waals surface area contributed by atoms with Crippen LogP contribution in [0.5, 0.6) is 0 Å². The van der Waals surface area contributed by atoms with Gasteiger partial charge in [-0.3, -0.25) is 4.79 Å². The van der Waals surface area contributed by atoms with E-state index < -0.39 is 13.0 Å². The molecular formula is C7H11F2NO. The Labute approximate surface area is 64.0 Å². The molecule has 0 saturated heterocycles. The predicted octanol–water partition coefficient (Wildman–Crippen LogP) is 1.17. The maximum Gasteiger partial charge on any atom is 0.255 e. The van der Waals surface area contributed by atoms with Crippen LogP contribution in [0.1, 0.15) is 19.3 Å². The summed E-state index contributed by atoms with van der Waals surface area (Å²) < 4.78 is 23.1. The molecule has 0 atom stereocenters. The van der Waals surface area contributed by atoms with Gasteiger partial charge in [-0.1, -0.05) is 6.42 Å². The number of carbonyl (C=O) groups is 1. The predicted molar refractivity (Wildman–Crippen MR) is 36.4 cm³/mol. The number of hydrogen-bond acceptors (Lipinski definition) is 1. The Kier molecular flexibility index (Phi) is 2.79. The molecule has 0 aliphatic heterocycles. The standard InChI is InChI=1S/C7H11F2NO/c8-6(9)4-10-7(11)5-2-1-3-5/h5-6H,1-4H2,(H,10,11). The van der Waals surface area contributed by atoms with Gasteiger partial charge in [0.2, 0.25) is 5.91 Å². The average molecular weight is 163 g/mol. The fourth-order valence-corrected chi connectivity index (χ4v) is 0.993. The Bertz CT molecular complexity index is 145. The Hall–Kier alpha value is -0.670. The Morgan fingerprint density at radius 3 is 2.55 bits per heavy atom. The van der Waals surface area contributed by atoms with Crippen molar-refractivity contribution < 1.29 is 13.6 Å². The fraction of sp³-hybridized carbons (Fsp3) is 0.857. The van der Waals surface area contributed by atoms with E-state index in [9.17, 15) is 13.6 Å². The van der Waals surface area contributed by atoms with Crippen molar-refractivity contribution in [2.24, 2.45) is 5.92 Å². The molecule has 1 aliphatic carbocycles. The molecule has 4 heteroatoms. The summed E-state index contributed by atoms with van der Waals surface area (Å²) >= 11 is 0. The molecule has 1 rings (SSSR count). The lowest BCUT2D eigenvalue weighted by atomic mass is 9.85. The van der Waals surface area contributed by atoms with Gasteiger partial charge in [-0.15, -0.1) is 0 Å². The molecule has 1 aliphatic rings. The molecule has 0 spiro atoms. The smallest absolute Gasteiger partial charge is 0.255 e. The van der Waals surface area contributed by atoms with Crippen molar-refractivity contribution in [1.29, 1.82) is 0 Å². The van der Waals surface area contributed by atoms with Crippen LogP contribution in [0.25, 0.3) is 0 Å². The molecule has 1 fully saturated rings. The number of amides is 1. The van der Waals surface area contributed by atoms with Crippen LogP contribution >= 0.6 is 0 Å². The highest BCUT2D eigenvalue weighted by atomic mass is 19.3. The third-order valence-corrected chi connectivity index (χ3v) is 1.91. The van der Waals surface area contributed by atoms with E-state index in [1.807, 2.05) is 0 Å². The third kappa shape index (κ3) is 2.44. The van der Waals surface area contributed by atoms with Gasteiger partial charge in [0.25, 0.3) is 6.43 Å². The second-order valence-electron chi connectivity index (χ2n) is 2.76. The number of rotatable bonds is 3. The molecule has 1 saturated carbocycles. The van der Waals surface area contributed by atoms with Gasteiger partial charge in [0.05, 0.1) is 6.54 Å². The van der Waals surface area contributed by atoms with E-state index in [2.05, 4.69) is 5.32 Å². The molecule has 2 nitrogen and oxygen atoms in total. The van der Waals surface area contributed by atoms with Gasteiger partial charge in [-0.2, -0.15) is 0 Å². The molecule has 1 N–H and O–H groups in total. The quantitative estimate of drug-likeness (QED) is 0.664. The second-order valence-corrected chi connectivity index (χ2v) is 2.76. The molecular weight excluding hydrogens is 152 g/mol. The SMILES string of the molecule is O=C(NCC(F)F)C1CCC1. The minimum atomic E-state index is -2.43. The van der Waals surface area contributed by atoms with E-state index in [1.54, 1.807) is 0 Å². The molecule has 0 aromatic heterocycles. The van der Waals surface area contributed by atoms with Crippen molar-refractivity contribution in [2.75, 3.05) is 6.54 Å². The maximum atomic E-state index is 11.6. The highest BCUT2D eigenvalue weighted by Gasteiger charge is 2.25. The van der Waals surface area contributed by atoms with Crippen LogP contribution in [0.3, 0.4) is 0 Å². The van der Waals surface area contributed by atoms with Crippen molar-refractivity contribution >= 4 is 5.91 Å². The molecule has 0 bridgehead atoms. The van der Waals surface area contributed by atoms with Crippen molar-refractivity contribution in [2.45, 2.75) is 25.7 Å². The lowest BCUT2D eigenvalue weighted by Gasteiger charge is -2.23. The van der Waals surface area contributed by atoms with Crippen molar-refractivity contribution in [3.8, 4) is 0 Å². The highest BCUT2D eigenvalue weighted by Crippen LogP contribution is 2.26. The third-order valence-electron chi connectivity index (χ3n) is 1.91. The molecule has 0 radical (unpaired) electrons. The Balaban J connectivity index is 2.10. The fourth-order valence-electron chi connectivity index (χ4n) is 0.993. The Morgan fingerprint density at radius 1 is 1.55 bits per heavy atom. The Morgan fingerprint density at radius 2 is 2.18 bits per heavy atom. The summed E-state index contributed by atoms with van der Waals surface area (Å²) in [4.78, 5) is 10.9. The van der Waals surface area contributed by atoms with Crippen molar-refractivity contribution in [1.82, 2.24) is 5.32 Å². The summed E-state index contributed by atoms with van der Waals surface area (Å²) in [7, 11) is 0. The first kappa shape index (κ1) is 8.43. The largest absolute Gasteiger partial charge is 0.350 e. The summed E-state index contributed by atoms with van der Waals surface area (Å²) in [5.41, 5.74) is 0. The molecule has 0 aromatic rings. The van der Waals surface area contributed by atoms with Crippen molar-refractivity contribution in [3.05, 3.63) is 0 Å². The summed E-state index contributed by atoms with van der Waals surface area (Å²) in [6.07, 6.45) is 0.329. The molecule has 0 heterocycles. The first-order valence-electron chi connectivity index (χ1n) is 3.76. The van der Waals surface area contributed by atoms with Gasteiger partial charge in [-0.25, -0.2) is 8.78 Å². The molecule has 0 unspecified atom stereocenters. The highest BCUT2D eigenvalue weighted by molar-refractivity contribution is 5.79. The van der Waals surface area contributed by atoms with E-state index in [0.29, 0.717) is 0 Å². The van der Waals surface area contributed by atoms with E-state index >= 15 is 0 Å². The summed E-state index contributed by atoms with van der Waals surface area (Å²) in [5.74, 6) is -0.203. The molecule has 11 heavy (non-hydrogen) atoms. The molecule has 1 amide bonds. The second kappa shape index (κ2) is 3.64. The van der Waals surface area contributed by atoms with Crippen LogP contribution in [-0.2, 0) is 4.79 Å². The minimum absolute atomic E-state index is 0.00810. The maximum absolute atomic E-state index is 11.6. The normalized spacial score (nSPS) is 18.1. The first-order chi connectivity index (χ1) is 5.20. The first-order valence-corrected chi connectivity index (χ1v) is 3.76. The number of hydrogen-bond donors (Lipinski definition) is 1. The van der Waals surface area contributed by atoms with Gasteiger partial charge < -0.3 is 5.32 Å². The van der Waals surface area contributed by atoms with Crippen molar-refractivity contribution in [3.63, 3.8) is 0 Å². The zero-order chi connectivity index (χ0) is 8.27. The van der Waals surface area contributed by atoms with Crippen LogP contribution in [0.2, 0.25) is 0 Å². The van der Waals surface area contributed by atoms with Gasteiger partial charge in [0.15, 0.2) is 0 Å². The molecule has 0 aromatic carbocycles. The van der Waals surface area contributed by atoms with E-state index in [0.717, 1.165) is 19.3 Å². The van der Waals surface area contributed by atoms with E-state index in [4.69, 9.17) is 0 Å². The lowest BCUT2D eigenvalue weighted by Crippen LogP contribution is -2.36. The van der Waals surface area contributed by atoms with Gasteiger partial charge in [0, 0.05) is 5.92 Å². The molecule has 64 valence electrons. The van der Waals surface area contributed by atoms with Crippen LogP contribution in [-0.4, -0.2) is 18.9 Å². The van der Waals surface area contributed by atoms with Crippen LogP contribution in [0, 0.1) is 5.92 Å². The van der Waals surface area contributed by atoms with E-state index in [-0.39, 0.29) is 11.8 Å². The van der Waals surface area contributed by atoms with Crippen LogP contribution in [0.15, 0.2) is 0 Å². The van der Waals surface area contributed by atoms with Crippen LogP contribution < -0.4 is 5.32 Å². The van der Waals surface area contributed by atoms with Gasteiger partial charge in [0.1, 0.15) is 0 Å². The number of nitrogens with one attached hydrogen (secondary N) is 1. The van der Waals surface area contributed by atoms with Gasteiger partial charge in [-0.05, 0) is 12.8 Å². The van der Waals surface area contributed by atoms with E-state index in [1.165, 1.54) is 0 Å². The minimum Gasteiger partial charge on any atom is -0.350 e. The monoisotopic (exact) mass is 163 g/mol. The van der Waals surface area contributed by atoms with Crippen LogP contribution in [0.4, 0.5) is 8.78 Å². The topological polar surface area (TPSA) is 29.1 Å². The number of carbonyl (C=O) groups excluding carboxylic acids is 1. The zero-order valence-electron chi connectivity index (χ0n) is 6.15. The number of alkyl halides is 2. The lowest BCUT2D eigenvalue weighted by molar-refractivity contribution is -0.128. The average Bonchev–Trinajstić information content (AvgIpc) is 1.79. The summed E-state index contributed by atoms with van der Waals surface area (Å²) in [5, 5.41) is 2.20. The summed E-state index contributed by atoms with van der Waals surface area (Å²) in [6.45, 7) is -0.505.